The van der Waals surface area contributed by atoms with Crippen molar-refractivity contribution < 1.29 is 18.0 Å². The Morgan fingerprint density at radius 2 is 1.66 bits per heavy atom. The van der Waals surface area contributed by atoms with Gasteiger partial charge in [-0.3, -0.25) is 9.69 Å². The molecule has 186 valence electrons. The van der Waals surface area contributed by atoms with Gasteiger partial charge in [0, 0.05) is 26.2 Å². The number of piperazine rings is 1. The van der Waals surface area contributed by atoms with E-state index in [0.717, 1.165) is 36.0 Å². The number of fused-ring (bicyclic) bond motifs is 1. The van der Waals surface area contributed by atoms with Gasteiger partial charge in [0.25, 0.3) is 5.91 Å². The molecule has 5 rings (SSSR count). The van der Waals surface area contributed by atoms with E-state index in [1.165, 1.54) is 20.3 Å². The van der Waals surface area contributed by atoms with Crippen molar-refractivity contribution in [2.45, 2.75) is 50.5 Å². The van der Waals surface area contributed by atoms with Crippen LogP contribution in [0.15, 0.2) is 41.3 Å². The first-order valence-electron chi connectivity index (χ1n) is 12.2. The van der Waals surface area contributed by atoms with Crippen LogP contribution >= 0.6 is 0 Å². The summed E-state index contributed by atoms with van der Waals surface area (Å²) in [7, 11) is -3.60. The highest BCUT2D eigenvalue weighted by Gasteiger charge is 2.49. The number of hydrogen-bond acceptors (Lipinski definition) is 5. The highest BCUT2D eigenvalue weighted by Crippen LogP contribution is 2.33. The Bertz CT molecular complexity index is 1300. The first kappa shape index (κ1) is 24.0. The van der Waals surface area contributed by atoms with Gasteiger partial charge in [0.05, 0.1) is 11.6 Å². The second-order valence-corrected chi connectivity index (χ2v) is 12.0. The number of benzene rings is 2. The molecule has 2 aromatic carbocycles. The molecule has 1 aliphatic carbocycles. The van der Waals surface area contributed by atoms with Gasteiger partial charge in [-0.05, 0) is 73.9 Å². The monoisotopic (exact) mass is 496 g/mol. The maximum atomic E-state index is 13.4. The van der Waals surface area contributed by atoms with E-state index in [1.807, 2.05) is 30.0 Å². The average molecular weight is 497 g/mol. The molecule has 0 bridgehead atoms. The second kappa shape index (κ2) is 8.72. The number of aryl methyl sites for hydroxylation is 4. The first-order chi connectivity index (χ1) is 16.6. The van der Waals surface area contributed by atoms with Crippen LogP contribution in [0.1, 0.15) is 41.2 Å². The van der Waals surface area contributed by atoms with Gasteiger partial charge in [-0.15, -0.1) is 0 Å². The number of amides is 3. The van der Waals surface area contributed by atoms with Crippen molar-refractivity contribution in [3.05, 3.63) is 64.2 Å². The van der Waals surface area contributed by atoms with Crippen molar-refractivity contribution in [2.24, 2.45) is 0 Å². The SMILES string of the molecule is Cc1ccc(C)c(S(=O)(=O)N2CCN(CN3C(=O)N[C@](C)(c4ccc5c(c4)CCC5)C3=O)CC2)c1. The molecule has 0 saturated carbocycles. The van der Waals surface area contributed by atoms with Crippen molar-refractivity contribution in [3.63, 3.8) is 0 Å². The van der Waals surface area contributed by atoms with E-state index in [-0.39, 0.29) is 12.6 Å². The van der Waals surface area contributed by atoms with Gasteiger partial charge in [0.2, 0.25) is 10.0 Å². The van der Waals surface area contributed by atoms with Gasteiger partial charge in [-0.1, -0.05) is 30.3 Å². The Morgan fingerprint density at radius 1 is 0.943 bits per heavy atom. The molecule has 0 aromatic heterocycles. The summed E-state index contributed by atoms with van der Waals surface area (Å²) in [6, 6.07) is 11.1. The summed E-state index contributed by atoms with van der Waals surface area (Å²) in [5.41, 5.74) is 3.91. The van der Waals surface area contributed by atoms with Crippen LogP contribution < -0.4 is 5.32 Å². The number of urea groups is 1. The summed E-state index contributed by atoms with van der Waals surface area (Å²) in [4.78, 5) is 29.8. The molecule has 9 heteroatoms. The zero-order valence-corrected chi connectivity index (χ0v) is 21.3. The van der Waals surface area contributed by atoms with Gasteiger partial charge in [-0.2, -0.15) is 4.31 Å². The lowest BCUT2D eigenvalue weighted by atomic mass is 9.90. The molecule has 2 saturated heterocycles. The van der Waals surface area contributed by atoms with Crippen molar-refractivity contribution in [1.82, 2.24) is 19.4 Å². The van der Waals surface area contributed by atoms with Gasteiger partial charge in [-0.25, -0.2) is 18.1 Å². The van der Waals surface area contributed by atoms with Crippen LogP contribution in [0.25, 0.3) is 0 Å². The van der Waals surface area contributed by atoms with E-state index < -0.39 is 21.6 Å². The van der Waals surface area contributed by atoms with E-state index in [4.69, 9.17) is 0 Å². The topological polar surface area (TPSA) is 90.0 Å². The minimum atomic E-state index is -3.60. The zero-order chi connectivity index (χ0) is 25.0. The van der Waals surface area contributed by atoms with Crippen LogP contribution in [0.2, 0.25) is 0 Å². The van der Waals surface area contributed by atoms with Crippen LogP contribution in [-0.2, 0) is 33.2 Å². The lowest BCUT2D eigenvalue weighted by molar-refractivity contribution is -0.132. The van der Waals surface area contributed by atoms with Crippen molar-refractivity contribution in [1.29, 1.82) is 0 Å². The third-order valence-electron chi connectivity index (χ3n) is 7.58. The molecule has 1 atom stereocenters. The van der Waals surface area contributed by atoms with E-state index in [0.29, 0.717) is 31.1 Å². The highest BCUT2D eigenvalue weighted by molar-refractivity contribution is 7.89. The largest absolute Gasteiger partial charge is 0.326 e. The molecule has 2 fully saturated rings. The number of nitrogens with zero attached hydrogens (tertiary/aromatic N) is 3. The van der Waals surface area contributed by atoms with Gasteiger partial charge in [0.15, 0.2) is 0 Å². The van der Waals surface area contributed by atoms with Crippen molar-refractivity contribution in [3.8, 4) is 0 Å². The molecule has 1 N–H and O–H groups in total. The summed E-state index contributed by atoms with van der Waals surface area (Å²) < 4.78 is 27.9. The fourth-order valence-corrected chi connectivity index (χ4v) is 7.07. The lowest BCUT2D eigenvalue weighted by Crippen LogP contribution is -2.52. The number of imide groups is 1. The molecule has 2 aliphatic heterocycles. The van der Waals surface area contributed by atoms with Crippen LogP contribution in [0.4, 0.5) is 4.79 Å². The molecule has 2 heterocycles. The number of carbonyl (C=O) groups is 2. The predicted molar refractivity (Wildman–Crippen MR) is 132 cm³/mol. The van der Waals surface area contributed by atoms with Gasteiger partial charge in [0.1, 0.15) is 5.54 Å². The number of carbonyl (C=O) groups excluding carboxylic acids is 2. The van der Waals surface area contributed by atoms with Crippen LogP contribution in [-0.4, -0.2) is 67.3 Å². The summed E-state index contributed by atoms with van der Waals surface area (Å²) in [6.45, 7) is 7.08. The quantitative estimate of drug-likeness (QED) is 0.643. The first-order valence-corrected chi connectivity index (χ1v) is 13.6. The maximum Gasteiger partial charge on any atom is 0.326 e. The van der Waals surface area contributed by atoms with Crippen LogP contribution in [0.5, 0.6) is 0 Å². The van der Waals surface area contributed by atoms with E-state index in [1.54, 1.807) is 19.9 Å². The molecular weight excluding hydrogens is 464 g/mol. The Kier molecular flexibility index (Phi) is 5.97. The summed E-state index contributed by atoms with van der Waals surface area (Å²) >= 11 is 0. The standard InChI is InChI=1S/C26H32N4O4S/c1-18-7-8-19(2)23(15-18)35(33,34)29-13-11-28(12-14-29)17-30-24(31)26(3,27-25(30)32)22-10-9-20-5-4-6-21(20)16-22/h7-10,15-16H,4-6,11-14,17H2,1-3H3,(H,27,32)/t26-/m1/s1. The number of sulfonamides is 1. The van der Waals surface area contributed by atoms with Crippen LogP contribution in [0.3, 0.4) is 0 Å². The molecule has 3 aliphatic rings. The van der Waals surface area contributed by atoms with Gasteiger partial charge >= 0.3 is 6.03 Å². The zero-order valence-electron chi connectivity index (χ0n) is 20.5. The van der Waals surface area contributed by atoms with Crippen molar-refractivity contribution in [2.75, 3.05) is 32.8 Å². The Balaban J connectivity index is 1.26. The Hall–Kier alpha value is -2.75. The number of nitrogens with one attached hydrogen (secondary N) is 1. The fraction of sp³-hybridized carbons (Fsp3) is 0.462. The highest BCUT2D eigenvalue weighted by atomic mass is 32.2. The minimum Gasteiger partial charge on any atom is -0.319 e. The Labute approximate surface area is 206 Å². The second-order valence-electron chi connectivity index (χ2n) is 10.1. The van der Waals surface area contributed by atoms with Crippen molar-refractivity contribution >= 4 is 22.0 Å². The van der Waals surface area contributed by atoms with E-state index in [9.17, 15) is 18.0 Å². The molecule has 0 unspecified atom stereocenters. The fourth-order valence-electron chi connectivity index (χ4n) is 5.34. The maximum absolute atomic E-state index is 13.4. The van der Waals surface area contributed by atoms with E-state index in [2.05, 4.69) is 17.4 Å². The summed E-state index contributed by atoms with van der Waals surface area (Å²) in [6.07, 6.45) is 3.18. The van der Waals surface area contributed by atoms with Crippen LogP contribution in [0, 0.1) is 13.8 Å². The molecule has 35 heavy (non-hydrogen) atoms. The molecule has 0 spiro atoms. The lowest BCUT2D eigenvalue weighted by Gasteiger charge is -2.35. The normalized spacial score (nSPS) is 23.6. The third kappa shape index (κ3) is 4.15. The average Bonchev–Trinajstić information content (AvgIpc) is 3.39. The number of hydrogen-bond donors (Lipinski definition) is 1. The summed E-state index contributed by atoms with van der Waals surface area (Å²) in [5.74, 6) is -0.272. The molecular formula is C26H32N4O4S. The molecule has 2 aromatic rings. The smallest absolute Gasteiger partial charge is 0.319 e. The third-order valence-corrected chi connectivity index (χ3v) is 9.63. The molecule has 0 radical (unpaired) electrons. The number of rotatable bonds is 5. The predicted octanol–water partition coefficient (Wildman–Crippen LogP) is 2.52. The minimum absolute atomic E-state index is 0.141. The van der Waals surface area contributed by atoms with Gasteiger partial charge < -0.3 is 5.32 Å². The molecule has 3 amide bonds. The molecule has 8 nitrogen and oxygen atoms in total. The summed E-state index contributed by atoms with van der Waals surface area (Å²) in [5, 5.41) is 2.90. The Morgan fingerprint density at radius 3 is 2.40 bits per heavy atom. The van der Waals surface area contributed by atoms with E-state index >= 15 is 0 Å².